The number of azide groups is 1. The van der Waals surface area contributed by atoms with E-state index in [4.69, 9.17) is 24.5 Å². The molecule has 0 radical (unpaired) electrons. The molecule has 0 spiro atoms. The molecule has 9 heteroatoms. The molecule has 0 aromatic heterocycles. The van der Waals surface area contributed by atoms with Crippen molar-refractivity contribution >= 4 is 11.8 Å². The number of hydrogen-bond donors (Lipinski definition) is 1. The van der Waals surface area contributed by atoms with E-state index in [-0.39, 0.29) is 0 Å². The first-order valence-corrected chi connectivity index (χ1v) is 8.78. The van der Waals surface area contributed by atoms with E-state index in [1.807, 2.05) is 30.5 Å². The van der Waals surface area contributed by atoms with Crippen LogP contribution in [0.15, 0.2) is 29.4 Å². The van der Waals surface area contributed by atoms with Gasteiger partial charge in [-0.3, -0.25) is 0 Å². The monoisotopic (exact) mass is 353 g/mol. The number of thioether (sulfide) groups is 1. The van der Waals surface area contributed by atoms with Crippen LogP contribution in [0.3, 0.4) is 0 Å². The molecule has 0 amide bonds. The van der Waals surface area contributed by atoms with Crippen molar-refractivity contribution in [2.45, 2.75) is 36.1 Å². The summed E-state index contributed by atoms with van der Waals surface area (Å²) in [7, 11) is 1.60. The fourth-order valence-corrected chi connectivity index (χ4v) is 3.59. The molecular formula is C15H19N3O5S. The Labute approximate surface area is 143 Å². The minimum atomic E-state index is -0.938. The number of ether oxygens (including phenoxy) is 4. The smallest absolute Gasteiger partial charge is 0.184 e. The summed E-state index contributed by atoms with van der Waals surface area (Å²) in [5.41, 5.74) is 9.16. The van der Waals surface area contributed by atoms with Crippen LogP contribution in [0, 0.1) is 0 Å². The van der Waals surface area contributed by atoms with E-state index in [9.17, 15) is 5.11 Å². The summed E-state index contributed by atoms with van der Waals surface area (Å²) in [6, 6.07) is 6.59. The van der Waals surface area contributed by atoms with Crippen LogP contribution in [0.4, 0.5) is 0 Å². The van der Waals surface area contributed by atoms with Crippen LogP contribution >= 0.6 is 11.8 Å². The van der Waals surface area contributed by atoms with Crippen molar-refractivity contribution in [2.24, 2.45) is 5.11 Å². The van der Waals surface area contributed by atoms with Crippen LogP contribution in [0.5, 0.6) is 5.75 Å². The molecule has 0 aliphatic carbocycles. The van der Waals surface area contributed by atoms with Crippen molar-refractivity contribution in [1.29, 1.82) is 0 Å². The highest BCUT2D eigenvalue weighted by molar-refractivity contribution is 7.99. The lowest BCUT2D eigenvalue weighted by Crippen LogP contribution is -2.60. The molecular weight excluding hydrogens is 334 g/mol. The number of hydrogen-bond acceptors (Lipinski definition) is 7. The van der Waals surface area contributed by atoms with E-state index in [1.165, 1.54) is 11.8 Å². The van der Waals surface area contributed by atoms with Crippen molar-refractivity contribution in [3.63, 3.8) is 0 Å². The number of aliphatic hydroxyl groups is 1. The first-order chi connectivity index (χ1) is 11.7. The largest absolute Gasteiger partial charge is 0.497 e. The third-order valence-electron chi connectivity index (χ3n) is 4.14. The number of nitrogens with zero attached hydrogens (tertiary/aromatic N) is 3. The SMILES string of the molecule is COc1ccc([C@H]2OC[C@H]3O[C@@H](SC)[C@H](O)[C@@H](N=[N+]=[N-])[C@H]3O2)cc1. The Morgan fingerprint density at radius 2 is 2.08 bits per heavy atom. The molecule has 8 nitrogen and oxygen atoms in total. The van der Waals surface area contributed by atoms with Gasteiger partial charge in [-0.25, -0.2) is 0 Å². The van der Waals surface area contributed by atoms with Gasteiger partial charge in [0.25, 0.3) is 0 Å². The lowest BCUT2D eigenvalue weighted by molar-refractivity contribution is -0.297. The quantitative estimate of drug-likeness (QED) is 0.505. The highest BCUT2D eigenvalue weighted by atomic mass is 32.2. The molecule has 1 N–H and O–H groups in total. The normalized spacial score (nSPS) is 35.6. The molecule has 2 heterocycles. The first kappa shape index (κ1) is 17.3. The van der Waals surface area contributed by atoms with E-state index in [2.05, 4.69) is 10.0 Å². The fourth-order valence-electron chi connectivity index (χ4n) is 2.90. The first-order valence-electron chi connectivity index (χ1n) is 7.49. The highest BCUT2D eigenvalue weighted by Crippen LogP contribution is 2.37. The molecule has 0 bridgehead atoms. The Hall–Kier alpha value is -1.48. The van der Waals surface area contributed by atoms with Gasteiger partial charge in [-0.2, -0.15) is 0 Å². The molecule has 6 atom stereocenters. The van der Waals surface area contributed by atoms with Gasteiger partial charge in [0.15, 0.2) is 6.29 Å². The zero-order chi connectivity index (χ0) is 17.1. The Morgan fingerprint density at radius 3 is 2.71 bits per heavy atom. The molecule has 1 aromatic rings. The van der Waals surface area contributed by atoms with Gasteiger partial charge in [0.1, 0.15) is 29.5 Å². The van der Waals surface area contributed by atoms with Gasteiger partial charge in [-0.05, 0) is 23.9 Å². The minimum absolute atomic E-state index is 0.294. The van der Waals surface area contributed by atoms with E-state index in [1.54, 1.807) is 7.11 Å². The fraction of sp³-hybridized carbons (Fsp3) is 0.600. The summed E-state index contributed by atoms with van der Waals surface area (Å²) in [6.45, 7) is 0.294. The standard InChI is InChI=1S/C15H19N3O5S/c1-20-9-5-3-8(4-6-9)14-21-7-10-13(23-14)11(17-18-16)12(19)15(22-10)24-2/h3-6,10-15,19H,7H2,1-2H3/t10-,11-,12-,13+,14+,15+/m1/s1. The minimum Gasteiger partial charge on any atom is -0.497 e. The molecule has 3 rings (SSSR count). The summed E-state index contributed by atoms with van der Waals surface area (Å²) in [5.74, 6) is 0.735. The Kier molecular flexibility index (Phi) is 5.50. The Bertz CT molecular complexity index is 610. The van der Waals surface area contributed by atoms with Crippen molar-refractivity contribution in [3.8, 4) is 5.75 Å². The van der Waals surface area contributed by atoms with Crippen LogP contribution in [0.25, 0.3) is 10.4 Å². The predicted octanol–water partition coefficient (Wildman–Crippen LogP) is 2.24. The van der Waals surface area contributed by atoms with Crippen molar-refractivity contribution < 1.29 is 24.1 Å². The zero-order valence-electron chi connectivity index (χ0n) is 13.3. The van der Waals surface area contributed by atoms with Crippen molar-refractivity contribution in [3.05, 3.63) is 40.3 Å². The average molecular weight is 353 g/mol. The molecule has 0 saturated carbocycles. The van der Waals surface area contributed by atoms with Gasteiger partial charge in [0.2, 0.25) is 0 Å². The van der Waals surface area contributed by atoms with E-state index < -0.39 is 36.1 Å². The predicted molar refractivity (Wildman–Crippen MR) is 87.7 cm³/mol. The second-order valence-corrected chi connectivity index (χ2v) is 6.44. The number of methoxy groups -OCH3 is 1. The van der Waals surface area contributed by atoms with Crippen LogP contribution in [0.2, 0.25) is 0 Å². The van der Waals surface area contributed by atoms with E-state index in [0.29, 0.717) is 6.61 Å². The summed E-state index contributed by atoms with van der Waals surface area (Å²) >= 11 is 1.36. The molecule has 130 valence electrons. The maximum absolute atomic E-state index is 10.4. The molecule has 24 heavy (non-hydrogen) atoms. The molecule has 2 fully saturated rings. The number of rotatable bonds is 4. The number of aliphatic hydroxyl groups excluding tert-OH is 1. The van der Waals surface area contributed by atoms with Crippen LogP contribution < -0.4 is 4.74 Å². The van der Waals surface area contributed by atoms with Crippen molar-refractivity contribution in [2.75, 3.05) is 20.0 Å². The highest BCUT2D eigenvalue weighted by Gasteiger charge is 2.48. The Balaban J connectivity index is 1.79. The lowest BCUT2D eigenvalue weighted by Gasteiger charge is -2.46. The average Bonchev–Trinajstić information content (AvgIpc) is 2.63. The lowest BCUT2D eigenvalue weighted by atomic mass is 9.97. The third kappa shape index (κ3) is 3.32. The summed E-state index contributed by atoms with van der Waals surface area (Å²) in [5, 5.41) is 14.1. The van der Waals surface area contributed by atoms with Gasteiger partial charge in [0, 0.05) is 10.5 Å². The molecule has 2 aliphatic rings. The topological polar surface area (TPSA) is 106 Å². The Morgan fingerprint density at radius 1 is 1.33 bits per heavy atom. The van der Waals surface area contributed by atoms with Crippen molar-refractivity contribution in [1.82, 2.24) is 0 Å². The molecule has 2 saturated heterocycles. The van der Waals surface area contributed by atoms with Gasteiger partial charge >= 0.3 is 0 Å². The van der Waals surface area contributed by atoms with Crippen LogP contribution in [-0.2, 0) is 14.2 Å². The van der Waals surface area contributed by atoms with Crippen LogP contribution in [-0.4, -0.2) is 54.9 Å². The van der Waals surface area contributed by atoms with Gasteiger partial charge in [0.05, 0.1) is 19.8 Å². The summed E-state index contributed by atoms with van der Waals surface area (Å²) < 4.78 is 22.7. The number of fused-ring (bicyclic) bond motifs is 1. The summed E-state index contributed by atoms with van der Waals surface area (Å²) in [6.07, 6.45) is -0.690. The molecule has 1 aromatic carbocycles. The third-order valence-corrected chi connectivity index (χ3v) is 4.99. The molecule has 0 unspecified atom stereocenters. The second kappa shape index (κ2) is 7.60. The maximum Gasteiger partial charge on any atom is 0.184 e. The summed E-state index contributed by atoms with van der Waals surface area (Å²) in [4.78, 5) is 2.85. The van der Waals surface area contributed by atoms with Crippen LogP contribution in [0.1, 0.15) is 11.9 Å². The van der Waals surface area contributed by atoms with Gasteiger partial charge in [-0.1, -0.05) is 17.2 Å². The van der Waals surface area contributed by atoms with E-state index in [0.717, 1.165) is 11.3 Å². The van der Waals surface area contributed by atoms with E-state index >= 15 is 0 Å². The second-order valence-electron chi connectivity index (χ2n) is 5.50. The zero-order valence-corrected chi connectivity index (χ0v) is 14.1. The molecule has 2 aliphatic heterocycles. The van der Waals surface area contributed by atoms with Gasteiger partial charge < -0.3 is 24.1 Å². The maximum atomic E-state index is 10.4. The van der Waals surface area contributed by atoms with Gasteiger partial charge in [-0.15, -0.1) is 11.8 Å². The number of benzene rings is 1.